The molecule has 0 atom stereocenters. The lowest BCUT2D eigenvalue weighted by Crippen LogP contribution is -2.14. The zero-order valence-electron chi connectivity index (χ0n) is 15.7. The first-order valence-electron chi connectivity index (χ1n) is 8.79. The van der Waals surface area contributed by atoms with Gasteiger partial charge in [-0.2, -0.15) is 0 Å². The van der Waals surface area contributed by atoms with E-state index in [1.165, 1.54) is 40.9 Å². The van der Waals surface area contributed by atoms with Crippen LogP contribution >= 0.6 is 23.1 Å². The summed E-state index contributed by atoms with van der Waals surface area (Å²) in [7, 11) is 0. The van der Waals surface area contributed by atoms with Crippen LogP contribution in [0.25, 0.3) is 11.4 Å². The van der Waals surface area contributed by atoms with Crippen LogP contribution in [-0.4, -0.2) is 26.4 Å². The molecule has 1 aromatic carbocycles. The molecule has 3 rings (SSSR count). The summed E-state index contributed by atoms with van der Waals surface area (Å²) in [5, 5.41) is 14.1. The zero-order valence-corrected chi connectivity index (χ0v) is 17.3. The topological polar surface area (TPSA) is 59.8 Å². The first-order valence-corrected chi connectivity index (χ1v) is 10.7. The van der Waals surface area contributed by atoms with Crippen LogP contribution in [0.4, 0.5) is 10.1 Å². The second kappa shape index (κ2) is 9.16. The normalized spacial score (nSPS) is 11.0. The number of benzene rings is 1. The molecule has 3 aromatic rings. The standard InChI is InChI=1S/C20H21FN4OS2/c1-4-9-25-19(14-10-17(13(2)3)27-11-14)23-24-20(25)28-12-18(26)22-16-7-5-15(21)6-8-16/h4-8,10-11,13H,1,9,12H2,2-3H3,(H,22,26). The van der Waals surface area contributed by atoms with Gasteiger partial charge < -0.3 is 5.32 Å². The molecule has 1 N–H and O–H groups in total. The van der Waals surface area contributed by atoms with Gasteiger partial charge in [0.25, 0.3) is 0 Å². The Labute approximate surface area is 171 Å². The van der Waals surface area contributed by atoms with Crippen LogP contribution in [0.2, 0.25) is 0 Å². The van der Waals surface area contributed by atoms with Gasteiger partial charge in [0.1, 0.15) is 5.82 Å². The van der Waals surface area contributed by atoms with Gasteiger partial charge >= 0.3 is 0 Å². The molecule has 0 saturated heterocycles. The van der Waals surface area contributed by atoms with Crippen molar-refractivity contribution in [3.05, 3.63) is 59.1 Å². The lowest BCUT2D eigenvalue weighted by molar-refractivity contribution is -0.113. The lowest BCUT2D eigenvalue weighted by atomic mass is 10.1. The quantitative estimate of drug-likeness (QED) is 0.406. The average molecular weight is 417 g/mol. The molecule has 0 fully saturated rings. The van der Waals surface area contributed by atoms with E-state index in [0.717, 1.165) is 11.4 Å². The van der Waals surface area contributed by atoms with Crippen LogP contribution in [0.15, 0.2) is 53.5 Å². The van der Waals surface area contributed by atoms with Crippen molar-refractivity contribution in [2.24, 2.45) is 0 Å². The third kappa shape index (κ3) is 4.88. The Balaban J connectivity index is 1.71. The van der Waals surface area contributed by atoms with E-state index in [1.807, 2.05) is 4.57 Å². The number of halogens is 1. The van der Waals surface area contributed by atoms with Gasteiger partial charge in [-0.05, 0) is 36.2 Å². The first kappa shape index (κ1) is 20.3. The summed E-state index contributed by atoms with van der Waals surface area (Å²) in [6.45, 7) is 8.68. The summed E-state index contributed by atoms with van der Waals surface area (Å²) in [4.78, 5) is 13.5. The molecule has 0 radical (unpaired) electrons. The fraction of sp³-hybridized carbons (Fsp3) is 0.250. The number of thioether (sulfide) groups is 1. The van der Waals surface area contributed by atoms with Gasteiger partial charge in [-0.15, -0.1) is 28.1 Å². The summed E-state index contributed by atoms with van der Waals surface area (Å²) in [5.74, 6) is 0.867. The molecular formula is C20H21FN4OS2. The second-order valence-corrected chi connectivity index (χ2v) is 8.33. The Hall–Kier alpha value is -2.45. The van der Waals surface area contributed by atoms with E-state index in [-0.39, 0.29) is 17.5 Å². The van der Waals surface area contributed by atoms with Crippen molar-refractivity contribution in [3.8, 4) is 11.4 Å². The van der Waals surface area contributed by atoms with Crippen molar-refractivity contribution in [1.82, 2.24) is 14.8 Å². The van der Waals surface area contributed by atoms with Crippen molar-refractivity contribution in [2.75, 3.05) is 11.1 Å². The highest BCUT2D eigenvalue weighted by Crippen LogP contribution is 2.31. The largest absolute Gasteiger partial charge is 0.325 e. The van der Waals surface area contributed by atoms with Gasteiger partial charge in [0, 0.05) is 28.1 Å². The summed E-state index contributed by atoms with van der Waals surface area (Å²) < 4.78 is 14.9. The Bertz CT molecular complexity index is 963. The molecule has 28 heavy (non-hydrogen) atoms. The number of carbonyl (C=O) groups excluding carboxylic acids is 1. The number of hydrogen-bond acceptors (Lipinski definition) is 5. The van der Waals surface area contributed by atoms with E-state index in [9.17, 15) is 9.18 Å². The molecule has 0 unspecified atom stereocenters. The van der Waals surface area contributed by atoms with E-state index in [4.69, 9.17) is 0 Å². The third-order valence-corrected chi connectivity index (χ3v) is 6.14. The highest BCUT2D eigenvalue weighted by Gasteiger charge is 2.17. The van der Waals surface area contributed by atoms with Crippen LogP contribution < -0.4 is 5.32 Å². The van der Waals surface area contributed by atoms with Gasteiger partial charge in [0.15, 0.2) is 11.0 Å². The summed E-state index contributed by atoms with van der Waals surface area (Å²) in [6.07, 6.45) is 1.78. The van der Waals surface area contributed by atoms with Crippen LogP contribution in [-0.2, 0) is 11.3 Å². The minimum atomic E-state index is -0.341. The van der Waals surface area contributed by atoms with Crippen LogP contribution in [0, 0.1) is 5.82 Å². The number of aromatic nitrogens is 3. The number of nitrogens with zero attached hydrogens (tertiary/aromatic N) is 3. The van der Waals surface area contributed by atoms with Gasteiger partial charge in [0.2, 0.25) is 5.91 Å². The zero-order chi connectivity index (χ0) is 20.1. The maximum atomic E-state index is 13.0. The monoisotopic (exact) mass is 416 g/mol. The van der Waals surface area contributed by atoms with Gasteiger partial charge in [0.05, 0.1) is 5.75 Å². The van der Waals surface area contributed by atoms with Crippen molar-refractivity contribution in [2.45, 2.75) is 31.5 Å². The number of amides is 1. The molecule has 0 aliphatic heterocycles. The average Bonchev–Trinajstić information content (AvgIpc) is 3.29. The molecular weight excluding hydrogens is 395 g/mol. The molecule has 0 aliphatic carbocycles. The molecule has 0 saturated carbocycles. The Morgan fingerprint density at radius 2 is 2.11 bits per heavy atom. The molecule has 2 heterocycles. The second-order valence-electron chi connectivity index (χ2n) is 6.44. The summed E-state index contributed by atoms with van der Waals surface area (Å²) in [5.41, 5.74) is 1.57. The highest BCUT2D eigenvalue weighted by atomic mass is 32.2. The van der Waals surface area contributed by atoms with Gasteiger partial charge in [-0.1, -0.05) is 31.7 Å². The van der Waals surface area contributed by atoms with Gasteiger partial charge in [-0.3, -0.25) is 9.36 Å². The van der Waals surface area contributed by atoms with Crippen molar-refractivity contribution in [1.29, 1.82) is 0 Å². The van der Waals surface area contributed by atoms with E-state index in [0.29, 0.717) is 23.3 Å². The van der Waals surface area contributed by atoms with Crippen LogP contribution in [0.3, 0.4) is 0 Å². The summed E-state index contributed by atoms with van der Waals surface area (Å²) >= 11 is 3.01. The van der Waals surface area contributed by atoms with E-state index < -0.39 is 0 Å². The number of thiophene rings is 1. The number of nitrogens with one attached hydrogen (secondary N) is 1. The Kier molecular flexibility index (Phi) is 6.64. The fourth-order valence-electron chi connectivity index (χ4n) is 2.54. The van der Waals surface area contributed by atoms with Crippen LogP contribution in [0.1, 0.15) is 24.6 Å². The molecule has 1 amide bonds. The summed E-state index contributed by atoms with van der Waals surface area (Å²) in [6, 6.07) is 7.80. The number of allylic oxidation sites excluding steroid dienone is 1. The maximum Gasteiger partial charge on any atom is 0.234 e. The Morgan fingerprint density at radius 3 is 2.75 bits per heavy atom. The SMILES string of the molecule is C=CCn1c(SCC(=O)Nc2ccc(F)cc2)nnc1-c1csc(C(C)C)c1. The Morgan fingerprint density at radius 1 is 1.36 bits per heavy atom. The first-order chi connectivity index (χ1) is 13.5. The predicted octanol–water partition coefficient (Wildman–Crippen LogP) is 5.19. The van der Waals surface area contributed by atoms with Crippen LogP contribution in [0.5, 0.6) is 0 Å². The smallest absolute Gasteiger partial charge is 0.234 e. The van der Waals surface area contributed by atoms with Crippen molar-refractivity contribution >= 4 is 34.7 Å². The molecule has 146 valence electrons. The van der Waals surface area contributed by atoms with Crippen molar-refractivity contribution in [3.63, 3.8) is 0 Å². The molecule has 5 nitrogen and oxygen atoms in total. The van der Waals surface area contributed by atoms with E-state index >= 15 is 0 Å². The minimum Gasteiger partial charge on any atom is -0.325 e. The molecule has 2 aromatic heterocycles. The molecule has 8 heteroatoms. The number of carbonyl (C=O) groups is 1. The van der Waals surface area contributed by atoms with Gasteiger partial charge in [-0.25, -0.2) is 4.39 Å². The molecule has 0 spiro atoms. The highest BCUT2D eigenvalue weighted by molar-refractivity contribution is 7.99. The maximum absolute atomic E-state index is 13.0. The minimum absolute atomic E-state index is 0.174. The third-order valence-electron chi connectivity index (χ3n) is 3.94. The van der Waals surface area contributed by atoms with Crippen molar-refractivity contribution < 1.29 is 9.18 Å². The lowest BCUT2D eigenvalue weighted by Gasteiger charge is -2.07. The molecule has 0 aliphatic rings. The number of anilines is 1. The fourth-order valence-corrected chi connectivity index (χ4v) is 4.19. The predicted molar refractivity (Wildman–Crippen MR) is 113 cm³/mol. The molecule has 0 bridgehead atoms. The van der Waals surface area contributed by atoms with E-state index in [2.05, 4.69) is 47.4 Å². The number of rotatable bonds is 8. The van der Waals surface area contributed by atoms with E-state index in [1.54, 1.807) is 17.4 Å². The number of hydrogen-bond donors (Lipinski definition) is 1.